The summed E-state index contributed by atoms with van der Waals surface area (Å²) in [5, 5.41) is 3.01. The maximum atomic E-state index is 13.3. The highest BCUT2D eigenvalue weighted by Gasteiger charge is 2.28. The first-order valence-corrected chi connectivity index (χ1v) is 8.55. The predicted octanol–water partition coefficient (Wildman–Crippen LogP) is 2.70. The Morgan fingerprint density at radius 3 is 2.48 bits per heavy atom. The highest BCUT2D eigenvalue weighted by Crippen LogP contribution is 2.26. The second-order valence-corrected chi connectivity index (χ2v) is 8.83. The minimum Gasteiger partial charge on any atom is -0.492 e. The molecule has 1 aromatic rings. The molecule has 0 aliphatic carbocycles. The lowest BCUT2D eigenvalue weighted by Crippen LogP contribution is -2.32. The molecule has 0 saturated heterocycles. The fourth-order valence-corrected chi connectivity index (χ4v) is 2.63. The Bertz CT molecular complexity index is 579. The summed E-state index contributed by atoms with van der Waals surface area (Å²) < 4.78 is 42.1. The molecule has 0 aliphatic rings. The molecule has 0 saturated carbocycles. The first-order chi connectivity index (χ1) is 9.58. The van der Waals surface area contributed by atoms with E-state index in [1.54, 1.807) is 27.8 Å². The van der Waals surface area contributed by atoms with Crippen LogP contribution in [0.5, 0.6) is 5.75 Å². The predicted molar refractivity (Wildman–Crippen MR) is 82.9 cm³/mol. The molecule has 4 nitrogen and oxygen atoms in total. The van der Waals surface area contributed by atoms with Gasteiger partial charge in [0.25, 0.3) is 0 Å². The quantitative estimate of drug-likeness (QED) is 0.876. The van der Waals surface area contributed by atoms with Gasteiger partial charge in [0.05, 0.1) is 10.5 Å². The summed E-state index contributed by atoms with van der Waals surface area (Å²) in [7, 11) is -1.46. The van der Waals surface area contributed by atoms with E-state index in [4.69, 9.17) is 4.74 Å². The molecule has 0 radical (unpaired) electrons. The molecule has 0 bridgehead atoms. The van der Waals surface area contributed by atoms with Crippen LogP contribution in [0.2, 0.25) is 0 Å². The van der Waals surface area contributed by atoms with Crippen molar-refractivity contribution in [1.29, 1.82) is 0 Å². The van der Waals surface area contributed by atoms with Crippen molar-refractivity contribution in [2.75, 3.05) is 19.4 Å². The van der Waals surface area contributed by atoms with Crippen molar-refractivity contribution in [2.24, 2.45) is 0 Å². The maximum Gasteiger partial charge on any atom is 0.158 e. The van der Waals surface area contributed by atoms with Gasteiger partial charge in [0.2, 0.25) is 0 Å². The van der Waals surface area contributed by atoms with E-state index < -0.39 is 14.6 Å². The average Bonchev–Trinajstić information content (AvgIpc) is 2.38. The number of hydrogen-bond acceptors (Lipinski definition) is 4. The summed E-state index contributed by atoms with van der Waals surface area (Å²) in [6, 6.07) is 4.14. The SMILES string of the molecule is CNC(C)c1cc(F)ccc1OCCS(=O)(=O)C(C)(C)C. The lowest BCUT2D eigenvalue weighted by atomic mass is 10.1. The van der Waals surface area contributed by atoms with Gasteiger partial charge in [0.15, 0.2) is 9.84 Å². The molecule has 0 aromatic heterocycles. The Morgan fingerprint density at radius 1 is 1.33 bits per heavy atom. The number of halogens is 1. The largest absolute Gasteiger partial charge is 0.492 e. The number of benzene rings is 1. The normalized spacial score (nSPS) is 14.0. The second-order valence-electron chi connectivity index (χ2n) is 5.97. The van der Waals surface area contributed by atoms with Crippen molar-refractivity contribution in [3.05, 3.63) is 29.6 Å². The van der Waals surface area contributed by atoms with Gasteiger partial charge in [0, 0.05) is 11.6 Å². The summed E-state index contributed by atoms with van der Waals surface area (Å²) in [5.74, 6) is 0.0884. The molecule has 0 aliphatic heterocycles. The molecule has 6 heteroatoms. The fourth-order valence-electron chi connectivity index (χ4n) is 1.71. The van der Waals surface area contributed by atoms with E-state index >= 15 is 0 Å². The molecule has 21 heavy (non-hydrogen) atoms. The minimum absolute atomic E-state index is 0.0503. The Hall–Kier alpha value is -1.14. The Labute approximate surface area is 126 Å². The molecular weight excluding hydrogens is 293 g/mol. The third-order valence-corrected chi connectivity index (χ3v) is 5.98. The summed E-state index contributed by atoms with van der Waals surface area (Å²) in [4.78, 5) is 0. The van der Waals surface area contributed by atoms with Gasteiger partial charge in [-0.1, -0.05) is 0 Å². The number of rotatable bonds is 6. The Morgan fingerprint density at radius 2 is 1.95 bits per heavy atom. The van der Waals surface area contributed by atoms with Crippen LogP contribution in [0.25, 0.3) is 0 Å². The van der Waals surface area contributed by atoms with Gasteiger partial charge in [-0.05, 0) is 52.9 Å². The number of nitrogens with one attached hydrogen (secondary N) is 1. The smallest absolute Gasteiger partial charge is 0.158 e. The van der Waals surface area contributed by atoms with Crippen molar-refractivity contribution in [1.82, 2.24) is 5.32 Å². The van der Waals surface area contributed by atoms with Crippen LogP contribution < -0.4 is 10.1 Å². The van der Waals surface area contributed by atoms with Crippen LogP contribution in [0, 0.1) is 5.82 Å². The van der Waals surface area contributed by atoms with Crippen molar-refractivity contribution in [2.45, 2.75) is 38.5 Å². The van der Waals surface area contributed by atoms with Crippen molar-refractivity contribution in [3.63, 3.8) is 0 Å². The molecule has 1 aromatic carbocycles. The van der Waals surface area contributed by atoms with E-state index in [1.165, 1.54) is 18.2 Å². The Balaban J connectivity index is 2.81. The second kappa shape index (κ2) is 6.75. The van der Waals surface area contributed by atoms with Crippen LogP contribution in [-0.2, 0) is 9.84 Å². The van der Waals surface area contributed by atoms with Gasteiger partial charge in [-0.2, -0.15) is 0 Å². The van der Waals surface area contributed by atoms with Gasteiger partial charge in [-0.15, -0.1) is 0 Å². The molecular formula is C15H24FNO3S. The van der Waals surface area contributed by atoms with Crippen LogP contribution >= 0.6 is 0 Å². The van der Waals surface area contributed by atoms with Gasteiger partial charge < -0.3 is 10.1 Å². The lowest BCUT2D eigenvalue weighted by molar-refractivity contribution is 0.332. The van der Waals surface area contributed by atoms with E-state index in [9.17, 15) is 12.8 Å². The standard InChI is InChI=1S/C15H24FNO3S/c1-11(17-5)13-10-12(16)6-7-14(13)20-8-9-21(18,19)15(2,3)4/h6-7,10-11,17H,8-9H2,1-5H3. The first-order valence-electron chi connectivity index (χ1n) is 6.90. The zero-order valence-corrected chi connectivity index (χ0v) is 14.1. The zero-order valence-electron chi connectivity index (χ0n) is 13.2. The zero-order chi connectivity index (χ0) is 16.3. The van der Waals surface area contributed by atoms with Gasteiger partial charge in [0.1, 0.15) is 18.2 Å². The minimum atomic E-state index is -3.23. The van der Waals surface area contributed by atoms with Crippen LogP contribution in [0.3, 0.4) is 0 Å². The number of sulfone groups is 1. The number of ether oxygens (including phenoxy) is 1. The van der Waals surface area contributed by atoms with E-state index in [1.807, 2.05) is 6.92 Å². The first kappa shape index (κ1) is 17.9. The maximum absolute atomic E-state index is 13.3. The van der Waals surface area contributed by atoms with Crippen LogP contribution in [0.15, 0.2) is 18.2 Å². The molecule has 1 rings (SSSR count). The third-order valence-electron chi connectivity index (χ3n) is 3.41. The molecule has 0 heterocycles. The van der Waals surface area contributed by atoms with Crippen LogP contribution in [0.1, 0.15) is 39.3 Å². The lowest BCUT2D eigenvalue weighted by Gasteiger charge is -2.20. The molecule has 0 fully saturated rings. The van der Waals surface area contributed by atoms with Gasteiger partial charge in [-0.25, -0.2) is 12.8 Å². The van der Waals surface area contributed by atoms with E-state index in [2.05, 4.69) is 5.32 Å². The highest BCUT2D eigenvalue weighted by atomic mass is 32.2. The summed E-state index contributed by atoms with van der Waals surface area (Å²) in [6.07, 6.45) is 0. The van der Waals surface area contributed by atoms with E-state index in [-0.39, 0.29) is 24.2 Å². The van der Waals surface area contributed by atoms with Gasteiger partial charge >= 0.3 is 0 Å². The molecule has 0 spiro atoms. The third kappa shape index (κ3) is 4.68. The molecule has 1 unspecified atom stereocenters. The van der Waals surface area contributed by atoms with Crippen molar-refractivity contribution < 1.29 is 17.5 Å². The highest BCUT2D eigenvalue weighted by molar-refractivity contribution is 7.92. The van der Waals surface area contributed by atoms with Crippen molar-refractivity contribution >= 4 is 9.84 Å². The fraction of sp³-hybridized carbons (Fsp3) is 0.600. The van der Waals surface area contributed by atoms with Crippen molar-refractivity contribution in [3.8, 4) is 5.75 Å². The van der Waals surface area contributed by atoms with E-state index in [0.29, 0.717) is 11.3 Å². The summed E-state index contributed by atoms with van der Waals surface area (Å²) >= 11 is 0. The monoisotopic (exact) mass is 317 g/mol. The van der Waals surface area contributed by atoms with Crippen LogP contribution in [-0.4, -0.2) is 32.6 Å². The van der Waals surface area contributed by atoms with Crippen LogP contribution in [0.4, 0.5) is 4.39 Å². The topological polar surface area (TPSA) is 55.4 Å². The molecule has 0 amide bonds. The van der Waals surface area contributed by atoms with E-state index in [0.717, 1.165) is 0 Å². The summed E-state index contributed by atoms with van der Waals surface area (Å²) in [5.41, 5.74) is 0.672. The molecule has 1 N–H and O–H groups in total. The average molecular weight is 317 g/mol. The van der Waals surface area contributed by atoms with Gasteiger partial charge in [-0.3, -0.25) is 0 Å². The molecule has 120 valence electrons. The number of hydrogen-bond donors (Lipinski definition) is 1. The Kier molecular flexibility index (Phi) is 5.75. The summed E-state index contributed by atoms with van der Waals surface area (Å²) in [6.45, 7) is 6.92. The molecule has 1 atom stereocenters.